The van der Waals surface area contributed by atoms with Gasteiger partial charge in [-0.15, -0.1) is 0 Å². The highest BCUT2D eigenvalue weighted by Gasteiger charge is 2.64. The monoisotopic (exact) mass is 629 g/mol. The van der Waals surface area contributed by atoms with Crippen molar-refractivity contribution in [2.24, 2.45) is 52.3 Å². The molecule has 0 bridgehead atoms. The molecule has 5 aliphatic rings. The first-order valence-electron chi connectivity index (χ1n) is 16.7. The number of sulfone groups is 1. The highest BCUT2D eigenvalue weighted by atomic mass is 32.2. The molecular weight excluding hydrogens is 574 g/mol. The Morgan fingerprint density at radius 3 is 2.29 bits per heavy atom. The van der Waals surface area contributed by atoms with E-state index < -0.39 is 25.6 Å². The summed E-state index contributed by atoms with van der Waals surface area (Å²) >= 11 is 0. The van der Waals surface area contributed by atoms with Crippen molar-refractivity contribution in [3.8, 4) is 0 Å². The van der Waals surface area contributed by atoms with E-state index in [1.807, 2.05) is 0 Å². The molecule has 0 amide bonds. The lowest BCUT2D eigenvalue weighted by molar-refractivity contribution is -0.203. The van der Waals surface area contributed by atoms with Gasteiger partial charge < -0.3 is 10.2 Å². The fourth-order valence-electron chi connectivity index (χ4n) is 11.1. The molecule has 0 aromatic carbocycles. The summed E-state index contributed by atoms with van der Waals surface area (Å²) in [7, 11) is -6.97. The van der Waals surface area contributed by atoms with E-state index in [1.165, 1.54) is 6.42 Å². The minimum Gasteiger partial charge on any atom is -0.393 e. The molecular formula is C32H55NO7S2. The number of ketones is 1. The molecule has 242 valence electrons. The van der Waals surface area contributed by atoms with E-state index in [9.17, 15) is 31.8 Å². The lowest BCUT2D eigenvalue weighted by Crippen LogP contribution is -2.62. The summed E-state index contributed by atoms with van der Waals surface area (Å²) in [4.78, 5) is 12.7. The summed E-state index contributed by atoms with van der Waals surface area (Å²) in [5.41, 5.74) is 0.358. The zero-order valence-electron chi connectivity index (χ0n) is 26.2. The van der Waals surface area contributed by atoms with Crippen molar-refractivity contribution >= 4 is 25.6 Å². The molecule has 0 aromatic rings. The van der Waals surface area contributed by atoms with Crippen molar-refractivity contribution in [3.63, 3.8) is 0 Å². The van der Waals surface area contributed by atoms with Crippen LogP contribution >= 0.6 is 0 Å². The fraction of sp³-hybridized carbons (Fsp3) is 0.969. The Hall–Kier alpha value is -0.550. The van der Waals surface area contributed by atoms with Crippen LogP contribution < -0.4 is 0 Å². The third kappa shape index (κ3) is 5.90. The molecule has 1 saturated heterocycles. The van der Waals surface area contributed by atoms with Gasteiger partial charge in [0.05, 0.1) is 23.7 Å². The number of aliphatic hydroxyl groups is 2. The Labute approximate surface area is 254 Å². The van der Waals surface area contributed by atoms with E-state index >= 15 is 0 Å². The minimum absolute atomic E-state index is 0.0618. The van der Waals surface area contributed by atoms with Gasteiger partial charge in [-0.25, -0.2) is 16.8 Å². The van der Waals surface area contributed by atoms with Gasteiger partial charge in [-0.3, -0.25) is 4.79 Å². The second kappa shape index (κ2) is 12.0. The average Bonchev–Trinajstić information content (AvgIpc) is 3.26. The summed E-state index contributed by atoms with van der Waals surface area (Å²) in [5.74, 6) is 1.74. The molecule has 0 spiro atoms. The maximum Gasteiger partial charge on any atom is 0.221 e. The van der Waals surface area contributed by atoms with Gasteiger partial charge in [0, 0.05) is 19.5 Å². The van der Waals surface area contributed by atoms with Crippen LogP contribution in [0.25, 0.3) is 0 Å². The molecule has 0 aromatic heterocycles. The van der Waals surface area contributed by atoms with Crippen LogP contribution in [0, 0.1) is 52.3 Å². The first kappa shape index (κ1) is 32.8. The summed E-state index contributed by atoms with van der Waals surface area (Å²) in [5, 5.41) is 22.4. The summed E-state index contributed by atoms with van der Waals surface area (Å²) in [6, 6.07) is 0. The van der Waals surface area contributed by atoms with E-state index in [4.69, 9.17) is 0 Å². The van der Waals surface area contributed by atoms with Gasteiger partial charge in [0.25, 0.3) is 0 Å². The molecule has 1 aliphatic heterocycles. The van der Waals surface area contributed by atoms with Crippen LogP contribution in [0.5, 0.6) is 0 Å². The molecule has 1 heterocycles. The highest BCUT2D eigenvalue weighted by Crippen LogP contribution is 2.69. The Morgan fingerprint density at radius 2 is 1.62 bits per heavy atom. The van der Waals surface area contributed by atoms with Crippen molar-refractivity contribution < 1.29 is 31.8 Å². The number of carbonyl (C=O) groups is 1. The van der Waals surface area contributed by atoms with Crippen molar-refractivity contribution in [1.29, 1.82) is 0 Å². The quantitative estimate of drug-likeness (QED) is 0.394. The Kier molecular flexibility index (Phi) is 9.38. The molecule has 10 heteroatoms. The third-order valence-electron chi connectivity index (χ3n) is 13.3. The van der Waals surface area contributed by atoms with Crippen LogP contribution in [0.1, 0.15) is 98.3 Å². The molecule has 0 unspecified atom stereocenters. The van der Waals surface area contributed by atoms with Crippen LogP contribution in [-0.4, -0.2) is 79.7 Å². The van der Waals surface area contributed by atoms with Gasteiger partial charge in [0.2, 0.25) is 10.0 Å². The van der Waals surface area contributed by atoms with Gasteiger partial charge in [0.15, 0.2) is 9.84 Å². The van der Waals surface area contributed by atoms with Crippen LogP contribution in [0.3, 0.4) is 0 Å². The lowest BCUT2D eigenvalue weighted by atomic mass is 9.41. The van der Waals surface area contributed by atoms with Crippen molar-refractivity contribution in [3.05, 3.63) is 0 Å². The Balaban J connectivity index is 1.19. The highest BCUT2D eigenvalue weighted by molar-refractivity contribution is 7.92. The van der Waals surface area contributed by atoms with E-state index in [0.717, 1.165) is 55.7 Å². The predicted molar refractivity (Wildman–Crippen MR) is 164 cm³/mol. The molecule has 4 aliphatic carbocycles. The maximum absolute atomic E-state index is 12.7. The number of aliphatic hydroxyl groups excluding tert-OH is 2. The first-order valence-corrected chi connectivity index (χ1v) is 20.1. The van der Waals surface area contributed by atoms with Gasteiger partial charge in [-0.1, -0.05) is 40.5 Å². The van der Waals surface area contributed by atoms with Crippen molar-refractivity contribution in [2.45, 2.75) is 111 Å². The number of nitrogens with zero attached hydrogens (tertiary/aromatic N) is 1. The number of rotatable bonds is 9. The third-order valence-corrected chi connectivity index (χ3v) is 16.8. The zero-order valence-corrected chi connectivity index (χ0v) is 27.8. The molecule has 8 nitrogen and oxygen atoms in total. The number of Topliss-reactive ketones (excluding diaryl/α,β-unsaturated/α-hetero) is 1. The average molecular weight is 630 g/mol. The molecule has 5 rings (SSSR count). The van der Waals surface area contributed by atoms with Crippen LogP contribution in [-0.2, 0) is 24.7 Å². The van der Waals surface area contributed by atoms with Crippen LogP contribution in [0.15, 0.2) is 0 Å². The second-order valence-corrected chi connectivity index (χ2v) is 19.6. The number of hydrogen-bond donors (Lipinski definition) is 2. The number of sulfonamides is 1. The van der Waals surface area contributed by atoms with Crippen molar-refractivity contribution in [2.75, 3.05) is 30.3 Å². The number of fused-ring (bicyclic) bond motifs is 5. The molecule has 4 saturated carbocycles. The molecule has 0 radical (unpaired) electrons. The van der Waals surface area contributed by atoms with Gasteiger partial charge in [-0.05, 0) is 104 Å². The van der Waals surface area contributed by atoms with Gasteiger partial charge in [0.1, 0.15) is 11.5 Å². The number of carbonyl (C=O) groups excluding carboxylic acids is 1. The number of hydrogen-bond acceptors (Lipinski definition) is 7. The fourth-order valence-corrected chi connectivity index (χ4v) is 14.0. The molecule has 5 fully saturated rings. The van der Waals surface area contributed by atoms with Gasteiger partial charge in [-0.2, -0.15) is 4.31 Å². The van der Waals surface area contributed by atoms with E-state index in [0.29, 0.717) is 41.9 Å². The molecule has 2 N–H and O–H groups in total. The van der Waals surface area contributed by atoms with Crippen molar-refractivity contribution in [1.82, 2.24) is 4.31 Å². The first-order chi connectivity index (χ1) is 19.6. The van der Waals surface area contributed by atoms with E-state index in [-0.39, 0.29) is 65.8 Å². The van der Waals surface area contributed by atoms with Crippen LogP contribution in [0.2, 0.25) is 0 Å². The largest absolute Gasteiger partial charge is 0.393 e. The van der Waals surface area contributed by atoms with Gasteiger partial charge >= 0.3 is 0 Å². The summed E-state index contributed by atoms with van der Waals surface area (Å²) in [6.45, 7) is 9.32. The predicted octanol–water partition coefficient (Wildman–Crippen LogP) is 4.05. The molecule has 42 heavy (non-hydrogen) atoms. The second-order valence-electron chi connectivity index (χ2n) is 15.3. The van der Waals surface area contributed by atoms with Crippen LogP contribution in [0.4, 0.5) is 0 Å². The van der Waals surface area contributed by atoms with E-state index in [2.05, 4.69) is 27.7 Å². The summed E-state index contributed by atoms with van der Waals surface area (Å²) in [6.07, 6.45) is 9.58. The Bertz CT molecular complexity index is 1210. The lowest BCUT2D eigenvalue weighted by Gasteiger charge is -2.64. The SMILES string of the molecule is CC[C@H]1[C@@H](O)[C@@H]2[C@H](CC[C@]3(C)[C@@H]([C@H](C)CCCC(=O)CS(=O)(=O)N4CCS(=O)(=O)CC4)CC[C@@H]23)[C@@]2(C)CC[C@@H](O)C[C@@H]12. The normalized spacial score (nSPS) is 44.5. The smallest absolute Gasteiger partial charge is 0.221 e. The Morgan fingerprint density at radius 1 is 0.976 bits per heavy atom. The zero-order chi connectivity index (χ0) is 30.7. The maximum atomic E-state index is 12.7. The standard InChI is InChI=1S/C32H55NO7S2/c1-5-24-28-19-22(34)11-13-32(28,4)27-12-14-31(3)25(9-10-26(31)29(27)30(24)36)21(2)7-6-8-23(35)20-42(39,40)33-15-17-41(37,38)18-16-33/h21-22,24-30,34,36H,5-20H2,1-4H3/t21-,22-,24-,25-,26+,27+,28+,29+,30-,31-,32-/m1/s1. The molecule has 11 atom stereocenters. The minimum atomic E-state index is -3.78. The topological polar surface area (TPSA) is 129 Å². The summed E-state index contributed by atoms with van der Waals surface area (Å²) < 4.78 is 49.9. The van der Waals surface area contributed by atoms with E-state index in [1.54, 1.807) is 0 Å².